The van der Waals surface area contributed by atoms with E-state index in [0.717, 1.165) is 17.1 Å². The summed E-state index contributed by atoms with van der Waals surface area (Å²) in [7, 11) is 0. The summed E-state index contributed by atoms with van der Waals surface area (Å²) in [5, 5.41) is 4.93. The number of thiophene rings is 1. The fraction of sp³-hybridized carbons (Fsp3) is 0.121. The number of aromatic nitrogens is 2. The van der Waals surface area contributed by atoms with Crippen LogP contribution in [-0.2, 0) is 5.41 Å². The Labute approximate surface area is 224 Å². The molecule has 0 bridgehead atoms. The van der Waals surface area contributed by atoms with Crippen molar-refractivity contribution in [3.8, 4) is 17.3 Å². The fourth-order valence-corrected chi connectivity index (χ4v) is 6.52. The maximum atomic E-state index is 6.26. The molecule has 3 aromatic heterocycles. The molecular weight excluding hydrogens is 486 g/mol. The molecule has 0 radical (unpaired) electrons. The molecule has 38 heavy (non-hydrogen) atoms. The normalized spacial score (nSPS) is 12.2. The van der Waals surface area contributed by atoms with Gasteiger partial charge >= 0.3 is 0 Å². The van der Waals surface area contributed by atoms with E-state index in [4.69, 9.17) is 15.5 Å². The van der Waals surface area contributed by atoms with Gasteiger partial charge in [0, 0.05) is 50.3 Å². The highest BCUT2D eigenvalue weighted by atomic mass is 32.1. The van der Waals surface area contributed by atoms with Crippen LogP contribution in [-0.4, -0.2) is 9.55 Å². The summed E-state index contributed by atoms with van der Waals surface area (Å²) < 4.78 is 11.1. The number of fused-ring (bicyclic) bond motifs is 7. The van der Waals surface area contributed by atoms with Crippen molar-refractivity contribution in [1.82, 2.24) is 9.55 Å². The second kappa shape index (κ2) is 8.33. The summed E-state index contributed by atoms with van der Waals surface area (Å²) in [5.74, 6) is 2.38. The standard InChI is InChI=1S/C33H27N3OS/c1-33(2,3)20-15-16-35-30(17-20)36-28-19-23(37-22-8-6-7-21(34)18-22)11-12-24(28)26-13-14-27-25-9-4-5-10-29(25)38-32(27)31(26)36/h4-19H,34H2,1-3H3. The van der Waals surface area contributed by atoms with E-state index in [1.165, 1.54) is 42.0 Å². The SMILES string of the molecule is CC(C)(C)c1ccnc(-n2c3cc(Oc4cccc(N)c4)ccc3c3ccc4c5ccccc5sc4c32)c1. The second-order valence-corrected chi connectivity index (χ2v) is 11.8. The number of benzene rings is 4. The van der Waals surface area contributed by atoms with Gasteiger partial charge in [-0.2, -0.15) is 0 Å². The number of nitrogens with zero attached hydrogens (tertiary/aromatic N) is 2. The molecule has 7 rings (SSSR count). The van der Waals surface area contributed by atoms with Crippen LogP contribution in [0.15, 0.2) is 97.2 Å². The van der Waals surface area contributed by atoms with Gasteiger partial charge in [-0.1, -0.05) is 57.2 Å². The Hall–Kier alpha value is -4.35. The summed E-state index contributed by atoms with van der Waals surface area (Å²) in [6.45, 7) is 6.71. The van der Waals surface area contributed by atoms with Crippen molar-refractivity contribution in [3.63, 3.8) is 0 Å². The molecule has 5 heteroatoms. The number of anilines is 1. The van der Waals surface area contributed by atoms with Crippen molar-refractivity contribution in [3.05, 3.63) is 103 Å². The molecule has 0 aliphatic rings. The Balaban J connectivity index is 1.56. The van der Waals surface area contributed by atoms with Crippen LogP contribution in [0.1, 0.15) is 26.3 Å². The molecule has 3 heterocycles. The van der Waals surface area contributed by atoms with Gasteiger partial charge in [0.1, 0.15) is 17.3 Å². The molecule has 0 aliphatic heterocycles. The molecule has 0 atom stereocenters. The van der Waals surface area contributed by atoms with Crippen molar-refractivity contribution in [2.45, 2.75) is 26.2 Å². The van der Waals surface area contributed by atoms with Crippen LogP contribution >= 0.6 is 11.3 Å². The smallest absolute Gasteiger partial charge is 0.137 e. The van der Waals surface area contributed by atoms with E-state index in [0.29, 0.717) is 11.4 Å². The van der Waals surface area contributed by atoms with Crippen LogP contribution in [0, 0.1) is 0 Å². The third-order valence-electron chi connectivity index (χ3n) is 7.18. The van der Waals surface area contributed by atoms with Crippen molar-refractivity contribution >= 4 is 59.0 Å². The molecule has 0 spiro atoms. The molecule has 0 aliphatic carbocycles. The molecule has 186 valence electrons. The number of pyridine rings is 1. The van der Waals surface area contributed by atoms with Crippen LogP contribution < -0.4 is 10.5 Å². The van der Waals surface area contributed by atoms with E-state index < -0.39 is 0 Å². The molecule has 0 saturated carbocycles. The lowest BCUT2D eigenvalue weighted by Crippen LogP contribution is -2.12. The number of hydrogen-bond acceptors (Lipinski definition) is 4. The van der Waals surface area contributed by atoms with Gasteiger partial charge in [0.05, 0.1) is 15.7 Å². The highest BCUT2D eigenvalue weighted by Gasteiger charge is 2.21. The van der Waals surface area contributed by atoms with Crippen molar-refractivity contribution in [2.24, 2.45) is 0 Å². The van der Waals surface area contributed by atoms with Crippen molar-refractivity contribution in [1.29, 1.82) is 0 Å². The monoisotopic (exact) mass is 513 g/mol. The van der Waals surface area contributed by atoms with Gasteiger partial charge < -0.3 is 10.5 Å². The Morgan fingerprint density at radius 2 is 1.55 bits per heavy atom. The molecule has 0 fully saturated rings. The minimum atomic E-state index is 0.00486. The van der Waals surface area contributed by atoms with E-state index in [9.17, 15) is 0 Å². The van der Waals surface area contributed by atoms with E-state index in [1.807, 2.05) is 47.9 Å². The average molecular weight is 514 g/mol. The van der Waals surface area contributed by atoms with Gasteiger partial charge in [0.15, 0.2) is 0 Å². The molecule has 4 nitrogen and oxygen atoms in total. The largest absolute Gasteiger partial charge is 0.457 e. The maximum absolute atomic E-state index is 6.26. The lowest BCUT2D eigenvalue weighted by molar-refractivity contribution is 0.483. The Bertz CT molecular complexity index is 2010. The Morgan fingerprint density at radius 1 is 0.763 bits per heavy atom. The Morgan fingerprint density at radius 3 is 2.39 bits per heavy atom. The zero-order chi connectivity index (χ0) is 26.0. The van der Waals surface area contributed by atoms with Crippen LogP contribution in [0.3, 0.4) is 0 Å². The van der Waals surface area contributed by atoms with Crippen LogP contribution in [0.4, 0.5) is 5.69 Å². The first-order chi connectivity index (χ1) is 18.4. The molecule has 0 saturated heterocycles. The summed E-state index contributed by atoms with van der Waals surface area (Å²) in [5.41, 5.74) is 10.2. The summed E-state index contributed by atoms with van der Waals surface area (Å²) in [6, 6.07) is 31.3. The minimum absolute atomic E-state index is 0.00486. The lowest BCUT2D eigenvalue weighted by Gasteiger charge is -2.20. The first-order valence-corrected chi connectivity index (χ1v) is 13.6. The second-order valence-electron chi connectivity index (χ2n) is 10.8. The number of nitrogen functional groups attached to an aromatic ring is 1. The first-order valence-electron chi connectivity index (χ1n) is 12.8. The van der Waals surface area contributed by atoms with Crippen LogP contribution in [0.5, 0.6) is 11.5 Å². The van der Waals surface area contributed by atoms with Crippen molar-refractivity contribution < 1.29 is 4.74 Å². The van der Waals surface area contributed by atoms with Gasteiger partial charge in [0.25, 0.3) is 0 Å². The molecule has 7 aromatic rings. The van der Waals surface area contributed by atoms with Gasteiger partial charge in [0.2, 0.25) is 0 Å². The van der Waals surface area contributed by atoms with Crippen molar-refractivity contribution in [2.75, 3.05) is 5.73 Å². The third-order valence-corrected chi connectivity index (χ3v) is 8.37. The Kier molecular flexibility index (Phi) is 5.00. The summed E-state index contributed by atoms with van der Waals surface area (Å²) in [6.07, 6.45) is 1.92. The van der Waals surface area contributed by atoms with Gasteiger partial charge in [-0.3, -0.25) is 4.57 Å². The molecule has 4 aromatic carbocycles. The first kappa shape index (κ1) is 22.8. The van der Waals surface area contributed by atoms with Crippen LogP contribution in [0.2, 0.25) is 0 Å². The number of ether oxygens (including phenoxy) is 1. The van der Waals surface area contributed by atoms with E-state index in [1.54, 1.807) is 0 Å². The number of rotatable bonds is 3. The highest BCUT2D eigenvalue weighted by Crippen LogP contribution is 2.43. The predicted octanol–water partition coefficient (Wildman–Crippen LogP) is 9.22. The molecular formula is C33H27N3OS. The van der Waals surface area contributed by atoms with Gasteiger partial charge in [-0.15, -0.1) is 11.3 Å². The summed E-state index contributed by atoms with van der Waals surface area (Å²) >= 11 is 1.84. The zero-order valence-electron chi connectivity index (χ0n) is 21.5. The van der Waals surface area contributed by atoms with E-state index >= 15 is 0 Å². The van der Waals surface area contributed by atoms with E-state index in [-0.39, 0.29) is 5.41 Å². The zero-order valence-corrected chi connectivity index (χ0v) is 22.3. The minimum Gasteiger partial charge on any atom is -0.457 e. The molecule has 0 amide bonds. The fourth-order valence-electron chi connectivity index (χ4n) is 5.28. The average Bonchev–Trinajstić information content (AvgIpc) is 3.44. The van der Waals surface area contributed by atoms with Gasteiger partial charge in [-0.05, 0) is 53.4 Å². The number of hydrogen-bond donors (Lipinski definition) is 1. The summed E-state index contributed by atoms with van der Waals surface area (Å²) in [4.78, 5) is 4.89. The molecule has 2 N–H and O–H groups in total. The number of nitrogens with two attached hydrogens (primary N) is 1. The molecule has 0 unspecified atom stereocenters. The van der Waals surface area contributed by atoms with Crippen LogP contribution in [0.25, 0.3) is 47.8 Å². The topological polar surface area (TPSA) is 53.1 Å². The lowest BCUT2D eigenvalue weighted by atomic mass is 9.88. The predicted molar refractivity (Wildman–Crippen MR) is 161 cm³/mol. The third kappa shape index (κ3) is 3.62. The van der Waals surface area contributed by atoms with Gasteiger partial charge in [-0.25, -0.2) is 4.98 Å². The maximum Gasteiger partial charge on any atom is 0.137 e. The quantitative estimate of drug-likeness (QED) is 0.240. The highest BCUT2D eigenvalue weighted by molar-refractivity contribution is 7.26. The van der Waals surface area contributed by atoms with E-state index in [2.05, 4.69) is 86.0 Å².